The van der Waals surface area contributed by atoms with Crippen molar-refractivity contribution in [1.29, 1.82) is 0 Å². The van der Waals surface area contributed by atoms with Crippen molar-refractivity contribution in [2.45, 2.75) is 65.7 Å². The summed E-state index contributed by atoms with van der Waals surface area (Å²) in [4.78, 5) is 14.8. The van der Waals surface area contributed by atoms with Gasteiger partial charge in [0.15, 0.2) is 11.5 Å². The van der Waals surface area contributed by atoms with Crippen molar-refractivity contribution >= 4 is 5.91 Å². The van der Waals surface area contributed by atoms with E-state index in [2.05, 4.69) is 57.1 Å². The molecule has 2 aromatic rings. The van der Waals surface area contributed by atoms with E-state index < -0.39 is 0 Å². The monoisotopic (exact) mass is 382 g/mol. The van der Waals surface area contributed by atoms with E-state index in [-0.39, 0.29) is 5.91 Å². The molecule has 0 atom stereocenters. The SMILES string of the molecule is CC(C)CN(CC(C)C)C(=O)c1cc(-c2ccc(C3CCCCC3)cc2)on1. The number of rotatable bonds is 7. The molecule has 1 aromatic heterocycles. The van der Waals surface area contributed by atoms with Gasteiger partial charge >= 0.3 is 0 Å². The molecule has 4 nitrogen and oxygen atoms in total. The average Bonchev–Trinajstić information content (AvgIpc) is 3.17. The van der Waals surface area contributed by atoms with Gasteiger partial charge in [-0.05, 0) is 36.2 Å². The van der Waals surface area contributed by atoms with E-state index in [0.717, 1.165) is 18.7 Å². The predicted molar refractivity (Wildman–Crippen MR) is 113 cm³/mol. The molecule has 0 unspecified atom stereocenters. The molecule has 0 saturated heterocycles. The molecule has 1 aliphatic carbocycles. The van der Waals surface area contributed by atoms with Crippen LogP contribution in [0.3, 0.4) is 0 Å². The van der Waals surface area contributed by atoms with Gasteiger partial charge in [-0.15, -0.1) is 0 Å². The highest BCUT2D eigenvalue weighted by Crippen LogP contribution is 2.33. The maximum absolute atomic E-state index is 12.9. The van der Waals surface area contributed by atoms with Gasteiger partial charge < -0.3 is 9.42 Å². The van der Waals surface area contributed by atoms with E-state index in [1.807, 2.05) is 4.90 Å². The highest BCUT2D eigenvalue weighted by Gasteiger charge is 2.22. The number of nitrogens with zero attached hydrogens (tertiary/aromatic N) is 2. The molecule has 1 fully saturated rings. The molecular formula is C24H34N2O2. The van der Waals surface area contributed by atoms with Crippen molar-refractivity contribution in [1.82, 2.24) is 10.1 Å². The largest absolute Gasteiger partial charge is 0.355 e. The summed E-state index contributed by atoms with van der Waals surface area (Å²) in [6.07, 6.45) is 6.63. The van der Waals surface area contributed by atoms with Crippen LogP contribution in [0.2, 0.25) is 0 Å². The van der Waals surface area contributed by atoms with Crippen LogP contribution in [0.25, 0.3) is 11.3 Å². The Bertz CT molecular complexity index is 745. The molecule has 1 saturated carbocycles. The molecule has 1 amide bonds. The number of aromatic nitrogens is 1. The Labute approximate surface area is 169 Å². The zero-order valence-corrected chi connectivity index (χ0v) is 17.8. The van der Waals surface area contributed by atoms with Crippen molar-refractivity contribution in [3.8, 4) is 11.3 Å². The first-order chi connectivity index (χ1) is 13.4. The highest BCUT2D eigenvalue weighted by atomic mass is 16.5. The minimum absolute atomic E-state index is 0.0452. The number of hydrogen-bond donors (Lipinski definition) is 0. The Kier molecular flexibility index (Phi) is 6.93. The predicted octanol–water partition coefficient (Wildman–Crippen LogP) is 6.14. The lowest BCUT2D eigenvalue weighted by Crippen LogP contribution is -2.37. The summed E-state index contributed by atoms with van der Waals surface area (Å²) in [7, 11) is 0. The van der Waals surface area contributed by atoms with E-state index >= 15 is 0 Å². The Morgan fingerprint density at radius 1 is 1.04 bits per heavy atom. The Balaban J connectivity index is 1.72. The lowest BCUT2D eigenvalue weighted by Gasteiger charge is -2.25. The van der Waals surface area contributed by atoms with Gasteiger partial charge in [-0.2, -0.15) is 0 Å². The van der Waals surface area contributed by atoms with Crippen LogP contribution >= 0.6 is 0 Å². The fraction of sp³-hybridized carbons (Fsp3) is 0.583. The van der Waals surface area contributed by atoms with Crippen LogP contribution in [-0.2, 0) is 0 Å². The molecule has 1 heterocycles. The maximum Gasteiger partial charge on any atom is 0.276 e. The van der Waals surface area contributed by atoms with Gasteiger partial charge in [0, 0.05) is 24.7 Å². The van der Waals surface area contributed by atoms with E-state index in [9.17, 15) is 4.79 Å². The second kappa shape index (κ2) is 9.40. The molecule has 0 radical (unpaired) electrons. The van der Waals surface area contributed by atoms with Crippen molar-refractivity contribution in [2.24, 2.45) is 11.8 Å². The minimum Gasteiger partial charge on any atom is -0.355 e. The van der Waals surface area contributed by atoms with Gasteiger partial charge in [-0.3, -0.25) is 4.79 Å². The van der Waals surface area contributed by atoms with Gasteiger partial charge in [0.05, 0.1) is 0 Å². The van der Waals surface area contributed by atoms with Gasteiger partial charge in [-0.25, -0.2) is 0 Å². The number of carbonyl (C=O) groups excluding carboxylic acids is 1. The zero-order valence-electron chi connectivity index (χ0n) is 17.8. The van der Waals surface area contributed by atoms with Crippen molar-refractivity contribution in [3.05, 3.63) is 41.6 Å². The third kappa shape index (κ3) is 5.24. The summed E-state index contributed by atoms with van der Waals surface area (Å²) in [5, 5.41) is 4.07. The van der Waals surface area contributed by atoms with Crippen LogP contribution in [0.5, 0.6) is 0 Å². The topological polar surface area (TPSA) is 46.3 Å². The van der Waals surface area contributed by atoms with Crippen LogP contribution < -0.4 is 0 Å². The number of hydrogen-bond acceptors (Lipinski definition) is 3. The summed E-state index contributed by atoms with van der Waals surface area (Å²) >= 11 is 0. The van der Waals surface area contributed by atoms with Crippen molar-refractivity contribution in [3.63, 3.8) is 0 Å². The Morgan fingerprint density at radius 2 is 1.64 bits per heavy atom. The van der Waals surface area contributed by atoms with Crippen LogP contribution in [0, 0.1) is 11.8 Å². The molecular weight excluding hydrogens is 348 g/mol. The molecule has 0 spiro atoms. The molecule has 3 rings (SSSR count). The fourth-order valence-corrected chi connectivity index (χ4v) is 4.15. The Morgan fingerprint density at radius 3 is 2.21 bits per heavy atom. The molecule has 152 valence electrons. The van der Waals surface area contributed by atoms with Gasteiger partial charge in [0.2, 0.25) is 0 Å². The number of benzene rings is 1. The van der Waals surface area contributed by atoms with E-state index in [1.54, 1.807) is 6.07 Å². The summed E-state index contributed by atoms with van der Waals surface area (Å²) in [5.41, 5.74) is 2.79. The molecule has 1 aliphatic rings. The first-order valence-corrected chi connectivity index (χ1v) is 10.8. The Hall–Kier alpha value is -2.10. The summed E-state index contributed by atoms with van der Waals surface area (Å²) in [6, 6.07) is 10.4. The zero-order chi connectivity index (χ0) is 20.1. The summed E-state index contributed by atoms with van der Waals surface area (Å²) in [6.45, 7) is 9.97. The standard InChI is InChI=1S/C24H34N2O2/c1-17(2)15-26(16-18(3)4)24(27)22-14-23(28-25-22)21-12-10-20(11-13-21)19-8-6-5-7-9-19/h10-14,17-19H,5-9,15-16H2,1-4H3. The minimum atomic E-state index is -0.0452. The van der Waals surface area contributed by atoms with Gasteiger partial charge in [0.25, 0.3) is 5.91 Å². The lowest BCUT2D eigenvalue weighted by molar-refractivity contribution is 0.0704. The van der Waals surface area contributed by atoms with Gasteiger partial charge in [0.1, 0.15) is 0 Å². The highest BCUT2D eigenvalue weighted by molar-refractivity contribution is 5.93. The van der Waals surface area contributed by atoms with Gasteiger partial charge in [-0.1, -0.05) is 76.4 Å². The fourth-order valence-electron chi connectivity index (χ4n) is 4.15. The van der Waals surface area contributed by atoms with Crippen molar-refractivity contribution in [2.75, 3.05) is 13.1 Å². The van der Waals surface area contributed by atoms with Crippen molar-refractivity contribution < 1.29 is 9.32 Å². The molecule has 0 N–H and O–H groups in total. The number of amides is 1. The van der Waals surface area contributed by atoms with Crippen LogP contribution in [0.1, 0.15) is 81.8 Å². The molecule has 0 aliphatic heterocycles. The normalized spacial score (nSPS) is 15.4. The first-order valence-electron chi connectivity index (χ1n) is 10.8. The quantitative estimate of drug-likeness (QED) is 0.577. The molecule has 0 bridgehead atoms. The molecule has 28 heavy (non-hydrogen) atoms. The molecule has 1 aromatic carbocycles. The summed E-state index contributed by atoms with van der Waals surface area (Å²) < 4.78 is 5.52. The third-order valence-electron chi connectivity index (χ3n) is 5.46. The second-order valence-corrected chi connectivity index (χ2v) is 9.03. The maximum atomic E-state index is 12.9. The molecule has 4 heteroatoms. The smallest absolute Gasteiger partial charge is 0.276 e. The third-order valence-corrected chi connectivity index (χ3v) is 5.46. The second-order valence-electron chi connectivity index (χ2n) is 9.03. The number of carbonyl (C=O) groups is 1. The van der Waals surface area contributed by atoms with Crippen LogP contribution in [-0.4, -0.2) is 29.1 Å². The van der Waals surface area contributed by atoms with E-state index in [0.29, 0.717) is 29.2 Å². The van der Waals surface area contributed by atoms with E-state index in [1.165, 1.54) is 37.7 Å². The summed E-state index contributed by atoms with van der Waals surface area (Å²) in [5.74, 6) is 2.14. The van der Waals surface area contributed by atoms with E-state index in [4.69, 9.17) is 4.52 Å². The lowest BCUT2D eigenvalue weighted by atomic mass is 9.84. The van der Waals surface area contributed by atoms with Crippen LogP contribution in [0.4, 0.5) is 0 Å². The van der Waals surface area contributed by atoms with Crippen LogP contribution in [0.15, 0.2) is 34.9 Å². The first kappa shape index (κ1) is 20.6. The average molecular weight is 383 g/mol.